The largest absolute Gasteiger partial charge is 0.354 e. The van der Waals surface area contributed by atoms with Crippen LogP contribution in [0.5, 0.6) is 0 Å². The monoisotopic (exact) mass is 236 g/mol. The van der Waals surface area contributed by atoms with E-state index in [4.69, 9.17) is 0 Å². The molecule has 2 rings (SSSR count). The Morgan fingerprint density at radius 1 is 1.06 bits per heavy atom. The van der Waals surface area contributed by atoms with Gasteiger partial charge in [-0.15, -0.1) is 0 Å². The second-order valence-corrected chi connectivity index (χ2v) is 4.21. The van der Waals surface area contributed by atoms with Gasteiger partial charge in [-0.2, -0.15) is 0 Å². The van der Waals surface area contributed by atoms with Crippen LogP contribution in [0.25, 0.3) is 0 Å². The highest BCUT2D eigenvalue weighted by molar-refractivity contribution is 5.45. The summed E-state index contributed by atoms with van der Waals surface area (Å²) in [6, 6.07) is 0. The maximum atomic E-state index is 4.52. The molecule has 1 aromatic rings. The highest BCUT2D eigenvalue weighted by Crippen LogP contribution is 2.17. The Balaban J connectivity index is 0.000000686. The molecule has 0 atom stereocenters. The lowest BCUT2D eigenvalue weighted by Crippen LogP contribution is -2.45. The molecule has 2 heterocycles. The summed E-state index contributed by atoms with van der Waals surface area (Å²) < 4.78 is 0. The van der Waals surface area contributed by atoms with E-state index in [2.05, 4.69) is 33.7 Å². The van der Waals surface area contributed by atoms with E-state index in [1.165, 1.54) is 5.56 Å². The Kier molecular flexibility index (Phi) is 5.35. The van der Waals surface area contributed by atoms with E-state index in [0.717, 1.165) is 37.8 Å². The van der Waals surface area contributed by atoms with Gasteiger partial charge >= 0.3 is 0 Å². The number of anilines is 1. The first-order valence-electron chi connectivity index (χ1n) is 6.40. The Morgan fingerprint density at radius 3 is 2.24 bits per heavy atom. The van der Waals surface area contributed by atoms with Crippen LogP contribution in [-0.4, -0.2) is 48.1 Å². The van der Waals surface area contributed by atoms with Crippen molar-refractivity contribution in [2.45, 2.75) is 27.7 Å². The minimum atomic E-state index is 0.856. The van der Waals surface area contributed by atoms with Crippen LogP contribution in [0, 0.1) is 13.8 Å². The van der Waals surface area contributed by atoms with Crippen molar-refractivity contribution in [1.29, 1.82) is 0 Å². The third-order valence-electron chi connectivity index (χ3n) is 2.87. The maximum Gasteiger partial charge on any atom is 0.135 e. The minimum absolute atomic E-state index is 0.856. The van der Waals surface area contributed by atoms with E-state index in [1.807, 2.05) is 27.0 Å². The molecular weight excluding hydrogens is 212 g/mol. The van der Waals surface area contributed by atoms with Crippen molar-refractivity contribution in [2.24, 2.45) is 0 Å². The van der Waals surface area contributed by atoms with Crippen LogP contribution in [-0.2, 0) is 0 Å². The highest BCUT2D eigenvalue weighted by atomic mass is 15.3. The predicted molar refractivity (Wildman–Crippen MR) is 72.6 cm³/mol. The van der Waals surface area contributed by atoms with Crippen LogP contribution in [0.4, 0.5) is 5.82 Å². The number of aromatic nitrogens is 2. The van der Waals surface area contributed by atoms with E-state index in [0.29, 0.717) is 0 Å². The second kappa shape index (κ2) is 6.55. The average molecular weight is 236 g/mol. The van der Waals surface area contributed by atoms with Gasteiger partial charge in [0.05, 0.1) is 0 Å². The first kappa shape index (κ1) is 13.9. The first-order valence-corrected chi connectivity index (χ1v) is 6.40. The number of aryl methyl sites for hydroxylation is 2. The molecule has 0 spiro atoms. The highest BCUT2D eigenvalue weighted by Gasteiger charge is 2.17. The lowest BCUT2D eigenvalue weighted by molar-refractivity contribution is 0.312. The fourth-order valence-electron chi connectivity index (χ4n) is 1.86. The quantitative estimate of drug-likeness (QED) is 0.745. The van der Waals surface area contributed by atoms with Crippen molar-refractivity contribution >= 4 is 5.82 Å². The lowest BCUT2D eigenvalue weighted by atomic mass is 10.2. The Morgan fingerprint density at radius 2 is 1.65 bits per heavy atom. The van der Waals surface area contributed by atoms with E-state index in [-0.39, 0.29) is 0 Å². The first-order chi connectivity index (χ1) is 8.16. The second-order valence-electron chi connectivity index (χ2n) is 4.21. The van der Waals surface area contributed by atoms with Crippen LogP contribution in [0.1, 0.15) is 25.2 Å². The molecule has 0 N–H and O–H groups in total. The van der Waals surface area contributed by atoms with Gasteiger partial charge in [-0.25, -0.2) is 9.97 Å². The third-order valence-corrected chi connectivity index (χ3v) is 2.87. The maximum absolute atomic E-state index is 4.52. The van der Waals surface area contributed by atoms with Crippen molar-refractivity contribution in [2.75, 3.05) is 38.1 Å². The minimum Gasteiger partial charge on any atom is -0.354 e. The van der Waals surface area contributed by atoms with Crippen LogP contribution >= 0.6 is 0 Å². The summed E-state index contributed by atoms with van der Waals surface area (Å²) in [6.45, 7) is 12.4. The van der Waals surface area contributed by atoms with Crippen LogP contribution in [0.2, 0.25) is 0 Å². The summed E-state index contributed by atoms with van der Waals surface area (Å²) in [5, 5.41) is 0. The summed E-state index contributed by atoms with van der Waals surface area (Å²) in [5.74, 6) is 1.96. The van der Waals surface area contributed by atoms with Crippen molar-refractivity contribution < 1.29 is 0 Å². The fourth-order valence-corrected chi connectivity index (χ4v) is 1.86. The van der Waals surface area contributed by atoms with Gasteiger partial charge in [0.25, 0.3) is 0 Å². The molecule has 1 aliphatic rings. The zero-order valence-electron chi connectivity index (χ0n) is 11.7. The molecule has 1 fully saturated rings. The van der Waals surface area contributed by atoms with Crippen molar-refractivity contribution in [1.82, 2.24) is 14.9 Å². The van der Waals surface area contributed by atoms with Gasteiger partial charge in [0.15, 0.2) is 0 Å². The summed E-state index contributed by atoms with van der Waals surface area (Å²) in [4.78, 5) is 13.4. The molecule has 1 saturated heterocycles. The van der Waals surface area contributed by atoms with Crippen molar-refractivity contribution in [3.05, 3.63) is 17.6 Å². The molecule has 0 aromatic carbocycles. The molecular formula is C13H24N4. The van der Waals surface area contributed by atoms with Gasteiger partial charge in [-0.05, 0) is 20.9 Å². The SMILES string of the molecule is CC.Cc1ncc(C)c(N2CCN(C)CC2)n1. The molecule has 1 aliphatic heterocycles. The summed E-state index contributed by atoms with van der Waals surface area (Å²) in [6.07, 6.45) is 1.91. The summed E-state index contributed by atoms with van der Waals surface area (Å²) in [7, 11) is 2.16. The molecule has 0 radical (unpaired) electrons. The molecule has 0 aliphatic carbocycles. The number of piperazine rings is 1. The van der Waals surface area contributed by atoms with E-state index < -0.39 is 0 Å². The summed E-state index contributed by atoms with van der Waals surface area (Å²) >= 11 is 0. The van der Waals surface area contributed by atoms with E-state index in [9.17, 15) is 0 Å². The van der Waals surface area contributed by atoms with Gasteiger partial charge < -0.3 is 9.80 Å². The molecule has 0 bridgehead atoms. The Labute approximate surface area is 105 Å². The standard InChI is InChI=1S/C11H18N4.C2H6/c1-9-8-12-10(2)13-11(9)15-6-4-14(3)5-7-15;1-2/h8H,4-7H2,1-3H3;1-2H3. The topological polar surface area (TPSA) is 32.3 Å². The van der Waals surface area contributed by atoms with Gasteiger partial charge in [-0.1, -0.05) is 13.8 Å². The van der Waals surface area contributed by atoms with Crippen LogP contribution in [0.15, 0.2) is 6.20 Å². The third kappa shape index (κ3) is 3.66. The van der Waals surface area contributed by atoms with Crippen molar-refractivity contribution in [3.63, 3.8) is 0 Å². The molecule has 0 saturated carbocycles. The average Bonchev–Trinajstić information content (AvgIpc) is 2.36. The van der Waals surface area contributed by atoms with Gasteiger partial charge in [0, 0.05) is 37.9 Å². The predicted octanol–water partition coefficient (Wildman–Crippen LogP) is 1.87. The Bertz CT molecular complexity index is 343. The number of likely N-dealkylation sites (N-methyl/N-ethyl adjacent to an activating group) is 1. The van der Waals surface area contributed by atoms with Crippen LogP contribution in [0.3, 0.4) is 0 Å². The zero-order chi connectivity index (χ0) is 12.8. The molecule has 1 aromatic heterocycles. The zero-order valence-corrected chi connectivity index (χ0v) is 11.7. The molecule has 0 unspecified atom stereocenters. The lowest BCUT2D eigenvalue weighted by Gasteiger charge is -2.33. The molecule has 96 valence electrons. The van der Waals surface area contributed by atoms with Gasteiger partial charge in [-0.3, -0.25) is 0 Å². The Hall–Kier alpha value is -1.16. The number of rotatable bonds is 1. The normalized spacial score (nSPS) is 16.4. The van der Waals surface area contributed by atoms with E-state index in [1.54, 1.807) is 0 Å². The van der Waals surface area contributed by atoms with E-state index >= 15 is 0 Å². The number of hydrogen-bond donors (Lipinski definition) is 0. The van der Waals surface area contributed by atoms with Crippen LogP contribution < -0.4 is 4.90 Å². The number of nitrogens with zero attached hydrogens (tertiary/aromatic N) is 4. The smallest absolute Gasteiger partial charge is 0.135 e. The van der Waals surface area contributed by atoms with Gasteiger partial charge in [0.1, 0.15) is 11.6 Å². The molecule has 4 heteroatoms. The van der Waals surface area contributed by atoms with Crippen molar-refractivity contribution in [3.8, 4) is 0 Å². The summed E-state index contributed by atoms with van der Waals surface area (Å²) in [5.41, 5.74) is 1.17. The molecule has 17 heavy (non-hydrogen) atoms. The fraction of sp³-hybridized carbons (Fsp3) is 0.692. The van der Waals surface area contributed by atoms with Gasteiger partial charge in [0.2, 0.25) is 0 Å². The molecule has 0 amide bonds. The molecule has 4 nitrogen and oxygen atoms in total. The number of hydrogen-bond acceptors (Lipinski definition) is 4.